The Morgan fingerprint density at radius 1 is 1.32 bits per heavy atom. The number of hydrogen-bond donors (Lipinski definition) is 5. The number of hydrazone groups is 1. The summed E-state index contributed by atoms with van der Waals surface area (Å²) in [4.78, 5) is 5.05. The molecule has 1 aliphatic heterocycles. The van der Waals surface area contributed by atoms with Crippen LogP contribution >= 0.6 is 23.7 Å². The van der Waals surface area contributed by atoms with Crippen LogP contribution in [0.1, 0.15) is 27.7 Å². The molecule has 0 spiro atoms. The summed E-state index contributed by atoms with van der Waals surface area (Å²) in [6, 6.07) is 0. The van der Waals surface area contributed by atoms with Crippen molar-refractivity contribution in [1.29, 1.82) is 0 Å². The minimum Gasteiger partial charge on any atom is -0.394 e. The monoisotopic (exact) mass is 470 g/mol. The zero-order chi connectivity index (χ0) is 23.1. The molecule has 0 saturated heterocycles. The van der Waals surface area contributed by atoms with Crippen LogP contribution in [0.3, 0.4) is 0 Å². The molecule has 0 saturated carbocycles. The largest absolute Gasteiger partial charge is 0.405 e. The van der Waals surface area contributed by atoms with E-state index in [1.807, 2.05) is 45.0 Å². The quantitative estimate of drug-likeness (QED) is 0.266. The van der Waals surface area contributed by atoms with Crippen molar-refractivity contribution < 1.29 is 25.2 Å². The second-order valence-electron chi connectivity index (χ2n) is 7.42. The highest BCUT2D eigenvalue weighted by Crippen LogP contribution is 2.31. The number of aliphatic hydroxyl groups is 4. The average Bonchev–Trinajstić information content (AvgIpc) is 2.82. The maximum atomic E-state index is 9.49. The number of aliphatic imine (C=N–C) groups is 1. The molecular formula is C20H30N4O5S2. The van der Waals surface area contributed by atoms with E-state index in [4.69, 9.17) is 4.74 Å². The van der Waals surface area contributed by atoms with Crippen molar-refractivity contribution in [2.75, 3.05) is 18.9 Å². The van der Waals surface area contributed by atoms with Gasteiger partial charge in [0, 0.05) is 34.5 Å². The van der Waals surface area contributed by atoms with Crippen molar-refractivity contribution in [2.24, 2.45) is 10.1 Å². The van der Waals surface area contributed by atoms with E-state index in [2.05, 4.69) is 14.8 Å². The Kier molecular flexibility index (Phi) is 9.52. The maximum Gasteiger partial charge on any atom is 0.405 e. The Morgan fingerprint density at radius 3 is 2.71 bits per heavy atom. The van der Waals surface area contributed by atoms with E-state index in [9.17, 15) is 20.4 Å². The first-order chi connectivity index (χ1) is 14.6. The van der Waals surface area contributed by atoms with Gasteiger partial charge < -0.3 is 20.4 Å². The molecule has 0 radical (unpaired) electrons. The van der Waals surface area contributed by atoms with Crippen molar-refractivity contribution in [3.8, 4) is 0 Å². The van der Waals surface area contributed by atoms with E-state index < -0.39 is 17.8 Å². The Morgan fingerprint density at radius 2 is 2.06 bits per heavy atom. The Balaban J connectivity index is 2.46. The predicted molar refractivity (Wildman–Crippen MR) is 126 cm³/mol. The van der Waals surface area contributed by atoms with E-state index in [0.717, 1.165) is 28.9 Å². The Bertz CT molecular complexity index is 813. The SMILES string of the molecule is CCN1/N=C\CSC=NC(C)=C1C1=CC=C(SNC(C)(C)CO)C(OC(O)(O)O)C=C1. The second-order valence-corrected chi connectivity index (χ2v) is 9.18. The van der Waals surface area contributed by atoms with Gasteiger partial charge in [-0.1, -0.05) is 12.2 Å². The molecule has 0 fully saturated rings. The number of hydrogen-bond acceptors (Lipinski definition) is 11. The van der Waals surface area contributed by atoms with Gasteiger partial charge in [0.15, 0.2) is 0 Å². The minimum atomic E-state index is -3.31. The smallest absolute Gasteiger partial charge is 0.394 e. The molecule has 1 unspecified atom stereocenters. The van der Waals surface area contributed by atoms with Gasteiger partial charge in [-0.15, -0.1) is 11.8 Å². The fourth-order valence-corrected chi connectivity index (χ4v) is 3.90. The summed E-state index contributed by atoms with van der Waals surface area (Å²) in [7, 11) is 0. The summed E-state index contributed by atoms with van der Waals surface area (Å²) in [5, 5.41) is 44.0. The summed E-state index contributed by atoms with van der Waals surface area (Å²) in [5.41, 5.74) is 3.53. The first kappa shape index (κ1) is 25.8. The molecule has 172 valence electrons. The van der Waals surface area contributed by atoms with Crippen LogP contribution in [0.25, 0.3) is 0 Å². The van der Waals surface area contributed by atoms with Gasteiger partial charge >= 0.3 is 6.16 Å². The standard InChI is InChI=1S/C20H30N4O5S2/c1-5-24-18(14(2)21-13-30-11-10-22-24)15-6-8-16(29-20(26,27)28)17(9-7-15)31-23-19(3,4)12-25/h6-10,13,16,23,25-28H,5,11-12H2,1-4H3/b18-14?,21-13?,22-10-. The van der Waals surface area contributed by atoms with Crippen molar-refractivity contribution in [1.82, 2.24) is 9.73 Å². The molecule has 0 aromatic heterocycles. The number of ether oxygens (including phenoxy) is 1. The van der Waals surface area contributed by atoms with Gasteiger partial charge in [-0.05, 0) is 51.8 Å². The third kappa shape index (κ3) is 8.20. The number of allylic oxidation sites excluding steroid dienone is 4. The van der Waals surface area contributed by atoms with Gasteiger partial charge in [-0.2, -0.15) is 5.10 Å². The van der Waals surface area contributed by atoms with E-state index >= 15 is 0 Å². The van der Waals surface area contributed by atoms with E-state index in [0.29, 0.717) is 17.2 Å². The number of thioether (sulfide) groups is 1. The molecule has 5 N–H and O–H groups in total. The lowest BCUT2D eigenvalue weighted by molar-refractivity contribution is -0.458. The van der Waals surface area contributed by atoms with E-state index in [-0.39, 0.29) is 6.61 Å². The van der Waals surface area contributed by atoms with Crippen LogP contribution in [-0.4, -0.2) is 73.9 Å². The van der Waals surface area contributed by atoms with Crippen LogP contribution in [0.15, 0.2) is 56.3 Å². The Hall–Kier alpha value is -1.44. The highest BCUT2D eigenvalue weighted by molar-refractivity contribution is 8.12. The highest BCUT2D eigenvalue weighted by atomic mass is 32.2. The van der Waals surface area contributed by atoms with Gasteiger partial charge in [0.2, 0.25) is 0 Å². The second kappa shape index (κ2) is 11.4. The lowest BCUT2D eigenvalue weighted by Crippen LogP contribution is -2.40. The molecule has 31 heavy (non-hydrogen) atoms. The minimum absolute atomic E-state index is 0.106. The molecule has 9 nitrogen and oxygen atoms in total. The first-order valence-corrected chi connectivity index (χ1v) is 11.6. The van der Waals surface area contributed by atoms with Crippen molar-refractivity contribution in [3.63, 3.8) is 0 Å². The molecule has 11 heteroatoms. The zero-order valence-electron chi connectivity index (χ0n) is 18.0. The summed E-state index contributed by atoms with van der Waals surface area (Å²) in [6.45, 7) is 8.04. The van der Waals surface area contributed by atoms with Crippen LogP contribution in [-0.2, 0) is 4.74 Å². The summed E-state index contributed by atoms with van der Waals surface area (Å²) in [5.74, 6) is 0.712. The molecule has 1 atom stereocenters. The molecule has 0 aromatic rings. The lowest BCUT2D eigenvalue weighted by atomic mass is 10.1. The van der Waals surface area contributed by atoms with Gasteiger partial charge in [-0.25, -0.2) is 0 Å². The molecule has 0 amide bonds. The fraction of sp³-hybridized carbons (Fsp3) is 0.500. The molecule has 2 rings (SSSR count). The van der Waals surface area contributed by atoms with Crippen LogP contribution in [0.5, 0.6) is 0 Å². The van der Waals surface area contributed by atoms with Gasteiger partial charge in [0.25, 0.3) is 0 Å². The number of nitrogens with zero attached hydrogens (tertiary/aromatic N) is 3. The molecule has 1 aliphatic carbocycles. The van der Waals surface area contributed by atoms with E-state index in [1.165, 1.54) is 0 Å². The normalized spacial score (nSPS) is 21.8. The van der Waals surface area contributed by atoms with E-state index in [1.54, 1.807) is 35.5 Å². The summed E-state index contributed by atoms with van der Waals surface area (Å²) >= 11 is 2.71. The Labute approximate surface area is 191 Å². The third-order valence-corrected chi connectivity index (χ3v) is 6.02. The van der Waals surface area contributed by atoms with Crippen LogP contribution < -0.4 is 4.72 Å². The molecule has 0 bridgehead atoms. The first-order valence-electron chi connectivity index (χ1n) is 9.71. The number of aliphatic hydroxyl groups excluding tert-OH is 1. The topological polar surface area (TPSA) is 130 Å². The van der Waals surface area contributed by atoms with Crippen LogP contribution in [0.4, 0.5) is 0 Å². The summed E-state index contributed by atoms with van der Waals surface area (Å²) in [6.07, 6.45) is 4.51. The van der Waals surface area contributed by atoms with Gasteiger partial charge in [0.1, 0.15) is 6.10 Å². The van der Waals surface area contributed by atoms with Crippen molar-refractivity contribution in [2.45, 2.75) is 45.5 Å². The molecule has 0 aromatic carbocycles. The summed E-state index contributed by atoms with van der Waals surface area (Å²) < 4.78 is 8.12. The van der Waals surface area contributed by atoms with Gasteiger partial charge in [0.05, 0.1) is 23.5 Å². The molecule has 1 heterocycles. The van der Waals surface area contributed by atoms with Gasteiger partial charge in [-0.3, -0.25) is 19.5 Å². The number of nitrogens with one attached hydrogen (secondary N) is 1. The number of likely N-dealkylation sites (N-methyl/N-ethyl adjacent to an activating group) is 1. The third-order valence-electron chi connectivity index (χ3n) is 4.17. The van der Waals surface area contributed by atoms with Crippen molar-refractivity contribution >= 4 is 35.5 Å². The van der Waals surface area contributed by atoms with Crippen LogP contribution in [0, 0.1) is 0 Å². The lowest BCUT2D eigenvalue weighted by Gasteiger charge is -2.26. The maximum absolute atomic E-state index is 9.49. The van der Waals surface area contributed by atoms with Crippen molar-refractivity contribution in [3.05, 3.63) is 46.2 Å². The zero-order valence-corrected chi connectivity index (χ0v) is 19.7. The average molecular weight is 471 g/mol. The number of rotatable bonds is 8. The fourth-order valence-electron chi connectivity index (χ4n) is 2.59. The van der Waals surface area contributed by atoms with Crippen LogP contribution in [0.2, 0.25) is 0 Å². The molecule has 2 aliphatic rings. The predicted octanol–water partition coefficient (Wildman–Crippen LogP) is 1.66. The highest BCUT2D eigenvalue weighted by Gasteiger charge is 2.29. The molecular weight excluding hydrogens is 440 g/mol.